The Balaban J connectivity index is 2.41. The van der Waals surface area contributed by atoms with Crippen molar-refractivity contribution < 1.29 is 22.3 Å². The molecule has 2 rings (SSSR count). The number of halogens is 5. The molecule has 0 bridgehead atoms. The van der Waals surface area contributed by atoms with Crippen LogP contribution in [-0.2, 0) is 5.33 Å². The van der Waals surface area contributed by atoms with Crippen molar-refractivity contribution in [1.29, 1.82) is 0 Å². The standard InChI is InChI=1S/C14H9BrF4O/c15-8-10-4-2-6-12(13(10)16)9-3-1-5-11(7-9)20-14(17,18)19/h1-7H,8H2. The number of hydrogen-bond acceptors (Lipinski definition) is 1. The van der Waals surface area contributed by atoms with E-state index in [1.165, 1.54) is 24.3 Å². The van der Waals surface area contributed by atoms with Crippen LogP contribution in [0.3, 0.4) is 0 Å². The molecule has 0 spiro atoms. The van der Waals surface area contributed by atoms with Crippen LogP contribution in [0, 0.1) is 5.82 Å². The fraction of sp³-hybridized carbons (Fsp3) is 0.143. The Kier molecular flexibility index (Phi) is 4.32. The van der Waals surface area contributed by atoms with E-state index in [2.05, 4.69) is 20.7 Å². The van der Waals surface area contributed by atoms with E-state index in [0.717, 1.165) is 6.07 Å². The third kappa shape index (κ3) is 3.50. The SMILES string of the molecule is Fc1c(CBr)cccc1-c1cccc(OC(F)(F)F)c1. The molecule has 0 atom stereocenters. The molecule has 0 N–H and O–H groups in total. The summed E-state index contributed by atoms with van der Waals surface area (Å²) in [6.45, 7) is 0. The lowest BCUT2D eigenvalue weighted by atomic mass is 10.0. The van der Waals surface area contributed by atoms with Crippen LogP contribution < -0.4 is 4.74 Å². The van der Waals surface area contributed by atoms with Gasteiger partial charge in [0.25, 0.3) is 0 Å². The largest absolute Gasteiger partial charge is 0.573 e. The van der Waals surface area contributed by atoms with E-state index in [0.29, 0.717) is 16.5 Å². The number of benzene rings is 2. The molecular formula is C14H9BrF4O. The summed E-state index contributed by atoms with van der Waals surface area (Å²) >= 11 is 3.16. The summed E-state index contributed by atoms with van der Waals surface area (Å²) < 4.78 is 54.5. The number of alkyl halides is 4. The minimum atomic E-state index is -4.77. The van der Waals surface area contributed by atoms with Gasteiger partial charge in [-0.2, -0.15) is 0 Å². The number of hydrogen-bond donors (Lipinski definition) is 0. The molecule has 20 heavy (non-hydrogen) atoms. The maximum Gasteiger partial charge on any atom is 0.573 e. The molecular weight excluding hydrogens is 340 g/mol. The second kappa shape index (κ2) is 5.83. The third-order valence-electron chi connectivity index (χ3n) is 2.60. The zero-order valence-electron chi connectivity index (χ0n) is 10.0. The van der Waals surface area contributed by atoms with Gasteiger partial charge in [-0.25, -0.2) is 4.39 Å². The molecule has 2 aromatic rings. The van der Waals surface area contributed by atoms with Crippen molar-refractivity contribution in [1.82, 2.24) is 0 Å². The summed E-state index contributed by atoms with van der Waals surface area (Å²) in [6, 6.07) is 9.99. The quantitative estimate of drug-likeness (QED) is 0.541. The summed E-state index contributed by atoms with van der Waals surface area (Å²) in [5, 5.41) is 0.325. The second-order valence-corrected chi connectivity index (χ2v) is 4.55. The number of rotatable bonds is 3. The highest BCUT2D eigenvalue weighted by Gasteiger charge is 2.31. The van der Waals surface area contributed by atoms with Crippen molar-refractivity contribution in [2.45, 2.75) is 11.7 Å². The fourth-order valence-electron chi connectivity index (χ4n) is 1.77. The van der Waals surface area contributed by atoms with Crippen molar-refractivity contribution in [3.63, 3.8) is 0 Å². The molecule has 0 heterocycles. The van der Waals surface area contributed by atoms with Crippen LogP contribution in [0.5, 0.6) is 5.75 Å². The monoisotopic (exact) mass is 348 g/mol. The molecule has 0 aliphatic carbocycles. The molecule has 6 heteroatoms. The fourth-order valence-corrected chi connectivity index (χ4v) is 2.20. The average Bonchev–Trinajstić information content (AvgIpc) is 2.37. The second-order valence-electron chi connectivity index (χ2n) is 3.99. The minimum Gasteiger partial charge on any atom is -0.406 e. The topological polar surface area (TPSA) is 9.23 Å². The van der Waals surface area contributed by atoms with Crippen LogP contribution in [0.25, 0.3) is 11.1 Å². The van der Waals surface area contributed by atoms with Gasteiger partial charge in [0.2, 0.25) is 0 Å². The molecule has 0 aromatic heterocycles. The molecule has 0 radical (unpaired) electrons. The predicted octanol–water partition coefficient (Wildman–Crippen LogP) is 5.29. The maximum atomic E-state index is 14.1. The van der Waals surface area contributed by atoms with Crippen molar-refractivity contribution in [3.8, 4) is 16.9 Å². The van der Waals surface area contributed by atoms with Gasteiger partial charge in [-0.05, 0) is 23.3 Å². The first kappa shape index (κ1) is 14.8. The van der Waals surface area contributed by atoms with Crippen molar-refractivity contribution in [3.05, 3.63) is 53.8 Å². The molecule has 0 saturated carbocycles. The van der Waals surface area contributed by atoms with Gasteiger partial charge in [-0.15, -0.1) is 13.2 Å². The van der Waals surface area contributed by atoms with Crippen LogP contribution in [-0.4, -0.2) is 6.36 Å². The maximum absolute atomic E-state index is 14.1. The molecule has 1 nitrogen and oxygen atoms in total. The Hall–Kier alpha value is -1.56. The Labute approximate surface area is 121 Å². The van der Waals surface area contributed by atoms with E-state index in [1.54, 1.807) is 12.1 Å². The van der Waals surface area contributed by atoms with Gasteiger partial charge in [-0.3, -0.25) is 0 Å². The van der Waals surface area contributed by atoms with Gasteiger partial charge in [0.1, 0.15) is 11.6 Å². The smallest absolute Gasteiger partial charge is 0.406 e. The first-order valence-electron chi connectivity index (χ1n) is 5.60. The van der Waals surface area contributed by atoms with Crippen LogP contribution in [0.4, 0.5) is 17.6 Å². The van der Waals surface area contributed by atoms with Gasteiger partial charge in [0, 0.05) is 10.9 Å². The Bertz CT molecular complexity index is 610. The number of ether oxygens (including phenoxy) is 1. The summed E-state index contributed by atoms with van der Waals surface area (Å²) in [6.07, 6.45) is -4.77. The molecule has 0 aliphatic heterocycles. The molecule has 2 aromatic carbocycles. The van der Waals surface area contributed by atoms with Crippen LogP contribution in [0.1, 0.15) is 5.56 Å². The average molecular weight is 349 g/mol. The molecule has 0 amide bonds. The lowest BCUT2D eigenvalue weighted by Crippen LogP contribution is -2.17. The highest BCUT2D eigenvalue weighted by atomic mass is 79.9. The van der Waals surface area contributed by atoms with Crippen molar-refractivity contribution >= 4 is 15.9 Å². The molecule has 106 valence electrons. The molecule has 0 saturated heterocycles. The predicted molar refractivity (Wildman–Crippen MR) is 71.2 cm³/mol. The lowest BCUT2D eigenvalue weighted by Gasteiger charge is -2.11. The zero-order chi connectivity index (χ0) is 14.8. The first-order chi connectivity index (χ1) is 9.40. The summed E-state index contributed by atoms with van der Waals surface area (Å²) in [4.78, 5) is 0. The molecule has 0 unspecified atom stereocenters. The Morgan fingerprint density at radius 3 is 2.40 bits per heavy atom. The molecule has 0 fully saturated rings. The Morgan fingerprint density at radius 1 is 1.05 bits per heavy atom. The highest BCUT2D eigenvalue weighted by molar-refractivity contribution is 9.08. The molecule has 0 aliphatic rings. The Morgan fingerprint density at radius 2 is 1.75 bits per heavy atom. The van der Waals surface area contributed by atoms with Gasteiger partial charge < -0.3 is 4.74 Å². The normalized spacial score (nSPS) is 11.4. The lowest BCUT2D eigenvalue weighted by molar-refractivity contribution is -0.274. The van der Waals surface area contributed by atoms with E-state index in [4.69, 9.17) is 0 Å². The van der Waals surface area contributed by atoms with Crippen LogP contribution >= 0.6 is 15.9 Å². The third-order valence-corrected chi connectivity index (χ3v) is 3.21. The van der Waals surface area contributed by atoms with Gasteiger partial charge in [0.05, 0.1) is 0 Å². The van der Waals surface area contributed by atoms with Crippen molar-refractivity contribution in [2.75, 3.05) is 0 Å². The van der Waals surface area contributed by atoms with Crippen molar-refractivity contribution in [2.24, 2.45) is 0 Å². The van der Waals surface area contributed by atoms with Crippen LogP contribution in [0.15, 0.2) is 42.5 Å². The summed E-state index contributed by atoms with van der Waals surface area (Å²) in [7, 11) is 0. The highest BCUT2D eigenvalue weighted by Crippen LogP contribution is 2.30. The van der Waals surface area contributed by atoms with Gasteiger partial charge in [-0.1, -0.05) is 46.3 Å². The minimum absolute atomic E-state index is 0.231. The van der Waals surface area contributed by atoms with Crippen LogP contribution in [0.2, 0.25) is 0 Å². The van der Waals surface area contributed by atoms with E-state index in [1.807, 2.05) is 0 Å². The van der Waals surface area contributed by atoms with E-state index < -0.39 is 12.2 Å². The summed E-state index contributed by atoms with van der Waals surface area (Å²) in [5.41, 5.74) is 0.992. The van der Waals surface area contributed by atoms with E-state index in [-0.39, 0.29) is 11.3 Å². The van der Waals surface area contributed by atoms with E-state index >= 15 is 0 Å². The zero-order valence-corrected chi connectivity index (χ0v) is 11.6. The van der Waals surface area contributed by atoms with Gasteiger partial charge in [0.15, 0.2) is 0 Å². The first-order valence-corrected chi connectivity index (χ1v) is 6.72. The van der Waals surface area contributed by atoms with Gasteiger partial charge >= 0.3 is 6.36 Å². The summed E-state index contributed by atoms with van der Waals surface area (Å²) in [5.74, 6) is -0.841. The van der Waals surface area contributed by atoms with E-state index in [9.17, 15) is 17.6 Å².